The third kappa shape index (κ3) is 2.25. The van der Waals surface area contributed by atoms with Crippen LogP contribution in [0.3, 0.4) is 0 Å². The smallest absolute Gasteiger partial charge is 0.328 e. The molecule has 4 saturated carbocycles. The van der Waals surface area contributed by atoms with Gasteiger partial charge in [0.05, 0.1) is 0 Å². The van der Waals surface area contributed by atoms with Crippen LogP contribution in [0.15, 0.2) is 23.8 Å². The average Bonchev–Trinajstić information content (AvgIpc) is 2.30. The molecule has 0 heterocycles. The minimum absolute atomic E-state index is 0.719. The molecule has 0 amide bonds. The van der Waals surface area contributed by atoms with E-state index in [0.717, 1.165) is 35.2 Å². The first kappa shape index (κ1) is 12.0. The van der Waals surface area contributed by atoms with Crippen molar-refractivity contribution in [3.05, 3.63) is 23.8 Å². The molecule has 0 saturated heterocycles. The van der Waals surface area contributed by atoms with E-state index in [2.05, 4.69) is 6.08 Å². The number of carboxylic acid groups (broad SMARTS) is 1. The van der Waals surface area contributed by atoms with Gasteiger partial charge in [-0.3, -0.25) is 0 Å². The third-order valence-corrected chi connectivity index (χ3v) is 5.24. The molecule has 0 aliphatic heterocycles. The topological polar surface area (TPSA) is 37.3 Å². The highest BCUT2D eigenvalue weighted by Crippen LogP contribution is 2.57. The van der Waals surface area contributed by atoms with Crippen LogP contribution >= 0.6 is 0 Å². The van der Waals surface area contributed by atoms with Crippen LogP contribution in [0.5, 0.6) is 0 Å². The summed E-state index contributed by atoms with van der Waals surface area (Å²) < 4.78 is 0. The summed E-state index contributed by atoms with van der Waals surface area (Å²) in [6.07, 6.45) is 12.5. The molecule has 98 valence electrons. The standard InChI is InChI=1S/C16H22O2/c1-10(2-3-16(17)18)4-15-13-6-11-5-12(8-13)9-14(15)7-11/h2-4,11-15H,5-9H2,1H3,(H,17,18)/b3-2+,10-4+. The Hall–Kier alpha value is -1.05. The van der Waals surface area contributed by atoms with Crippen molar-refractivity contribution >= 4 is 5.97 Å². The Labute approximate surface area is 109 Å². The molecule has 4 fully saturated rings. The second kappa shape index (κ2) is 4.56. The van der Waals surface area contributed by atoms with E-state index >= 15 is 0 Å². The van der Waals surface area contributed by atoms with Gasteiger partial charge in [-0.15, -0.1) is 0 Å². The van der Waals surface area contributed by atoms with E-state index in [1.807, 2.05) is 6.92 Å². The van der Waals surface area contributed by atoms with E-state index in [4.69, 9.17) is 5.11 Å². The Balaban J connectivity index is 1.73. The van der Waals surface area contributed by atoms with Crippen LogP contribution in [-0.2, 0) is 4.79 Å². The number of allylic oxidation sites excluding steroid dienone is 3. The maximum Gasteiger partial charge on any atom is 0.328 e. The summed E-state index contributed by atoms with van der Waals surface area (Å²) in [4.78, 5) is 10.5. The van der Waals surface area contributed by atoms with Crippen molar-refractivity contribution in [1.82, 2.24) is 0 Å². The van der Waals surface area contributed by atoms with Crippen molar-refractivity contribution in [1.29, 1.82) is 0 Å². The zero-order valence-electron chi connectivity index (χ0n) is 11.0. The molecule has 0 aromatic carbocycles. The van der Waals surface area contributed by atoms with Gasteiger partial charge in [-0.1, -0.05) is 17.7 Å². The molecular weight excluding hydrogens is 224 g/mol. The van der Waals surface area contributed by atoms with Crippen molar-refractivity contribution in [2.45, 2.75) is 39.0 Å². The highest BCUT2D eigenvalue weighted by Gasteiger charge is 2.47. The monoisotopic (exact) mass is 246 g/mol. The van der Waals surface area contributed by atoms with Crippen LogP contribution in [0, 0.1) is 29.6 Å². The maximum absolute atomic E-state index is 10.5. The van der Waals surface area contributed by atoms with Crippen molar-refractivity contribution in [3.63, 3.8) is 0 Å². The van der Waals surface area contributed by atoms with Crippen LogP contribution in [-0.4, -0.2) is 11.1 Å². The van der Waals surface area contributed by atoms with Gasteiger partial charge in [0.1, 0.15) is 0 Å². The van der Waals surface area contributed by atoms with E-state index in [-0.39, 0.29) is 0 Å². The van der Waals surface area contributed by atoms with Gasteiger partial charge in [0.2, 0.25) is 0 Å². The third-order valence-electron chi connectivity index (χ3n) is 5.24. The van der Waals surface area contributed by atoms with E-state index in [0.29, 0.717) is 0 Å². The number of hydrogen-bond acceptors (Lipinski definition) is 1. The van der Waals surface area contributed by atoms with Crippen LogP contribution in [0.25, 0.3) is 0 Å². The zero-order valence-corrected chi connectivity index (χ0v) is 11.0. The van der Waals surface area contributed by atoms with Gasteiger partial charge < -0.3 is 5.11 Å². The highest BCUT2D eigenvalue weighted by molar-refractivity contribution is 5.80. The SMILES string of the molecule is CC(/C=C/C(=O)O)=C\C1C2CC3CC(C2)CC1C3. The fourth-order valence-electron chi connectivity index (χ4n) is 4.80. The first-order valence-electron chi connectivity index (χ1n) is 7.21. The van der Waals surface area contributed by atoms with Gasteiger partial charge in [0, 0.05) is 6.08 Å². The molecular formula is C16H22O2. The lowest BCUT2D eigenvalue weighted by Gasteiger charge is -2.54. The summed E-state index contributed by atoms with van der Waals surface area (Å²) in [6.45, 7) is 2.03. The Morgan fingerprint density at radius 2 is 1.56 bits per heavy atom. The molecule has 1 N–H and O–H groups in total. The second-order valence-electron chi connectivity index (χ2n) is 6.59. The van der Waals surface area contributed by atoms with Gasteiger partial charge in [-0.25, -0.2) is 4.79 Å². The molecule has 4 aliphatic rings. The molecule has 0 atom stereocenters. The molecule has 4 aliphatic carbocycles. The summed E-state index contributed by atoms with van der Waals surface area (Å²) in [5, 5.41) is 8.66. The maximum atomic E-state index is 10.5. The van der Waals surface area contributed by atoms with E-state index < -0.39 is 5.97 Å². The Morgan fingerprint density at radius 1 is 1.00 bits per heavy atom. The quantitative estimate of drug-likeness (QED) is 0.609. The number of carboxylic acids is 1. The molecule has 2 heteroatoms. The van der Waals surface area contributed by atoms with Gasteiger partial charge >= 0.3 is 5.97 Å². The first-order valence-corrected chi connectivity index (χ1v) is 7.21. The number of rotatable bonds is 3. The van der Waals surface area contributed by atoms with E-state index in [1.54, 1.807) is 6.08 Å². The Kier molecular flexibility index (Phi) is 3.04. The molecule has 2 nitrogen and oxygen atoms in total. The minimum atomic E-state index is -0.854. The predicted octanol–water partition coefficient (Wildman–Crippen LogP) is 3.65. The van der Waals surface area contributed by atoms with E-state index in [1.165, 1.54) is 38.2 Å². The minimum Gasteiger partial charge on any atom is -0.478 e. The molecule has 0 unspecified atom stereocenters. The molecule has 0 aromatic heterocycles. The number of aliphatic carboxylic acids is 1. The van der Waals surface area contributed by atoms with Crippen molar-refractivity contribution in [3.8, 4) is 0 Å². The molecule has 0 radical (unpaired) electrons. The summed E-state index contributed by atoms with van der Waals surface area (Å²) >= 11 is 0. The molecule has 0 aromatic rings. The lowest BCUT2D eigenvalue weighted by molar-refractivity contribution is -0.131. The fraction of sp³-hybridized carbons (Fsp3) is 0.688. The molecule has 4 rings (SSSR count). The van der Waals surface area contributed by atoms with Crippen LogP contribution in [0.4, 0.5) is 0 Å². The summed E-state index contributed by atoms with van der Waals surface area (Å²) in [5.41, 5.74) is 1.12. The van der Waals surface area contributed by atoms with Crippen molar-refractivity contribution < 1.29 is 9.90 Å². The van der Waals surface area contributed by atoms with Gasteiger partial charge in [-0.2, -0.15) is 0 Å². The van der Waals surface area contributed by atoms with Crippen molar-refractivity contribution in [2.75, 3.05) is 0 Å². The van der Waals surface area contributed by atoms with Gasteiger partial charge in [0.15, 0.2) is 0 Å². The average molecular weight is 246 g/mol. The van der Waals surface area contributed by atoms with Crippen LogP contribution < -0.4 is 0 Å². The lowest BCUT2D eigenvalue weighted by atomic mass is 9.52. The Morgan fingerprint density at radius 3 is 2.06 bits per heavy atom. The molecule has 18 heavy (non-hydrogen) atoms. The molecule has 4 bridgehead atoms. The normalized spacial score (nSPS) is 42.7. The fourth-order valence-corrected chi connectivity index (χ4v) is 4.80. The first-order chi connectivity index (χ1) is 8.61. The number of carbonyl (C=O) groups is 1. The van der Waals surface area contributed by atoms with Crippen LogP contribution in [0.1, 0.15) is 39.0 Å². The zero-order chi connectivity index (χ0) is 12.7. The van der Waals surface area contributed by atoms with Crippen molar-refractivity contribution in [2.24, 2.45) is 29.6 Å². The Bertz CT molecular complexity index is 377. The van der Waals surface area contributed by atoms with Crippen LogP contribution in [0.2, 0.25) is 0 Å². The predicted molar refractivity (Wildman–Crippen MR) is 71.1 cm³/mol. The largest absolute Gasteiger partial charge is 0.478 e. The lowest BCUT2D eigenvalue weighted by Crippen LogP contribution is -2.44. The number of hydrogen-bond donors (Lipinski definition) is 1. The highest BCUT2D eigenvalue weighted by atomic mass is 16.4. The van der Waals surface area contributed by atoms with Gasteiger partial charge in [0.25, 0.3) is 0 Å². The molecule has 0 spiro atoms. The summed E-state index contributed by atoms with van der Waals surface area (Å²) in [7, 11) is 0. The van der Waals surface area contributed by atoms with E-state index in [9.17, 15) is 4.79 Å². The second-order valence-corrected chi connectivity index (χ2v) is 6.59. The summed E-state index contributed by atoms with van der Waals surface area (Å²) in [6, 6.07) is 0. The summed E-state index contributed by atoms with van der Waals surface area (Å²) in [5.74, 6) is 3.65. The van der Waals surface area contributed by atoms with Gasteiger partial charge in [-0.05, 0) is 68.6 Å².